The molecular formula is C22H38O. The third-order valence-electron chi connectivity index (χ3n) is 5.15. The summed E-state index contributed by atoms with van der Waals surface area (Å²) in [7, 11) is 0. The Morgan fingerprint density at radius 2 is 1.35 bits per heavy atom. The van der Waals surface area contributed by atoms with Crippen LogP contribution in [0.3, 0.4) is 0 Å². The molecule has 132 valence electrons. The van der Waals surface area contributed by atoms with E-state index in [1.807, 2.05) is 12.1 Å². The van der Waals surface area contributed by atoms with Crippen LogP contribution in [0.4, 0.5) is 0 Å². The predicted molar refractivity (Wildman–Crippen MR) is 102 cm³/mol. The zero-order valence-electron chi connectivity index (χ0n) is 15.7. The van der Waals surface area contributed by atoms with E-state index in [2.05, 4.69) is 32.9 Å². The van der Waals surface area contributed by atoms with E-state index >= 15 is 0 Å². The number of aromatic hydroxyl groups is 1. The molecule has 0 aliphatic carbocycles. The Kier molecular flexibility index (Phi) is 10.9. The first-order valence-corrected chi connectivity index (χ1v) is 9.98. The van der Waals surface area contributed by atoms with E-state index in [1.165, 1.54) is 76.2 Å². The number of phenols is 1. The Labute approximate surface area is 144 Å². The van der Waals surface area contributed by atoms with E-state index in [-0.39, 0.29) is 0 Å². The van der Waals surface area contributed by atoms with Gasteiger partial charge in [0, 0.05) is 0 Å². The van der Waals surface area contributed by atoms with Crippen molar-refractivity contribution < 1.29 is 5.11 Å². The van der Waals surface area contributed by atoms with Gasteiger partial charge in [0.15, 0.2) is 0 Å². The third-order valence-corrected chi connectivity index (χ3v) is 5.15. The Morgan fingerprint density at radius 1 is 0.783 bits per heavy atom. The summed E-state index contributed by atoms with van der Waals surface area (Å²) in [4.78, 5) is 0. The third kappa shape index (κ3) is 7.90. The normalized spacial score (nSPS) is 13.9. The molecule has 1 aromatic rings. The SMILES string of the molecule is CCCCCCCCC(c1ccccc1O)C(C)CCCCC. The maximum Gasteiger partial charge on any atom is 0.119 e. The van der Waals surface area contributed by atoms with Crippen LogP contribution in [0.5, 0.6) is 5.75 Å². The molecule has 1 nitrogen and oxygen atoms in total. The minimum absolute atomic E-state index is 0.492. The molecule has 2 unspecified atom stereocenters. The largest absolute Gasteiger partial charge is 0.508 e. The molecular weight excluding hydrogens is 280 g/mol. The van der Waals surface area contributed by atoms with Gasteiger partial charge in [0.1, 0.15) is 5.75 Å². The van der Waals surface area contributed by atoms with E-state index in [1.54, 1.807) is 0 Å². The van der Waals surface area contributed by atoms with Gasteiger partial charge in [0.2, 0.25) is 0 Å². The summed E-state index contributed by atoms with van der Waals surface area (Å²) in [6, 6.07) is 7.99. The fourth-order valence-electron chi connectivity index (χ4n) is 3.61. The van der Waals surface area contributed by atoms with Gasteiger partial charge < -0.3 is 5.11 Å². The highest BCUT2D eigenvalue weighted by atomic mass is 16.3. The second kappa shape index (κ2) is 12.4. The summed E-state index contributed by atoms with van der Waals surface area (Å²) in [5.74, 6) is 1.66. The first-order valence-electron chi connectivity index (χ1n) is 9.98. The standard InChI is InChI=1S/C22H38O/c1-4-6-8-9-10-12-16-20(19(3)15-11-7-5-2)21-17-13-14-18-22(21)23/h13-14,17-20,23H,4-12,15-16H2,1-3H3. The number of phenolic OH excluding ortho intramolecular Hbond substituents is 1. The Bertz CT molecular complexity index is 399. The van der Waals surface area contributed by atoms with Crippen molar-refractivity contribution in [3.8, 4) is 5.75 Å². The van der Waals surface area contributed by atoms with Gasteiger partial charge in [-0.1, -0.05) is 103 Å². The van der Waals surface area contributed by atoms with Crippen LogP contribution >= 0.6 is 0 Å². The van der Waals surface area contributed by atoms with E-state index in [9.17, 15) is 5.11 Å². The lowest BCUT2D eigenvalue weighted by Crippen LogP contribution is -2.11. The van der Waals surface area contributed by atoms with E-state index < -0.39 is 0 Å². The Morgan fingerprint density at radius 3 is 2.04 bits per heavy atom. The molecule has 0 aromatic heterocycles. The molecule has 0 saturated carbocycles. The van der Waals surface area contributed by atoms with Gasteiger partial charge in [0.05, 0.1) is 0 Å². The van der Waals surface area contributed by atoms with Crippen LogP contribution in [0.25, 0.3) is 0 Å². The number of hydrogen-bond acceptors (Lipinski definition) is 1. The molecule has 0 amide bonds. The van der Waals surface area contributed by atoms with Crippen LogP contribution in [0.2, 0.25) is 0 Å². The number of hydrogen-bond donors (Lipinski definition) is 1. The van der Waals surface area contributed by atoms with Gasteiger partial charge in [-0.05, 0) is 29.9 Å². The van der Waals surface area contributed by atoms with Gasteiger partial charge in [-0.25, -0.2) is 0 Å². The molecule has 0 aliphatic rings. The minimum atomic E-state index is 0.492. The van der Waals surface area contributed by atoms with Crippen LogP contribution in [-0.2, 0) is 0 Å². The van der Waals surface area contributed by atoms with Gasteiger partial charge in [-0.3, -0.25) is 0 Å². The van der Waals surface area contributed by atoms with E-state index in [0.717, 1.165) is 0 Å². The molecule has 0 bridgehead atoms. The van der Waals surface area contributed by atoms with Crippen molar-refractivity contribution in [2.24, 2.45) is 5.92 Å². The number of unbranched alkanes of at least 4 members (excludes halogenated alkanes) is 7. The highest BCUT2D eigenvalue weighted by molar-refractivity contribution is 5.35. The minimum Gasteiger partial charge on any atom is -0.508 e. The first kappa shape index (κ1) is 20.1. The van der Waals surface area contributed by atoms with Crippen molar-refractivity contribution in [1.82, 2.24) is 0 Å². The van der Waals surface area contributed by atoms with Gasteiger partial charge >= 0.3 is 0 Å². The summed E-state index contributed by atoms with van der Waals surface area (Å²) in [5.41, 5.74) is 1.17. The Hall–Kier alpha value is -0.980. The number of benzene rings is 1. The lowest BCUT2D eigenvalue weighted by molar-refractivity contribution is 0.365. The number of para-hydroxylation sites is 1. The second-order valence-corrected chi connectivity index (χ2v) is 7.19. The zero-order chi connectivity index (χ0) is 16.9. The molecule has 0 radical (unpaired) electrons. The molecule has 23 heavy (non-hydrogen) atoms. The fourth-order valence-corrected chi connectivity index (χ4v) is 3.61. The smallest absolute Gasteiger partial charge is 0.119 e. The quantitative estimate of drug-likeness (QED) is 0.375. The zero-order valence-corrected chi connectivity index (χ0v) is 15.7. The van der Waals surface area contributed by atoms with Crippen molar-refractivity contribution >= 4 is 0 Å². The summed E-state index contributed by atoms with van der Waals surface area (Å²) >= 11 is 0. The van der Waals surface area contributed by atoms with Gasteiger partial charge in [-0.2, -0.15) is 0 Å². The molecule has 0 heterocycles. The van der Waals surface area contributed by atoms with Crippen molar-refractivity contribution in [2.45, 2.75) is 97.3 Å². The summed E-state index contributed by atoms with van der Waals surface area (Å²) < 4.78 is 0. The first-order chi connectivity index (χ1) is 11.2. The van der Waals surface area contributed by atoms with Gasteiger partial charge in [-0.15, -0.1) is 0 Å². The molecule has 1 N–H and O–H groups in total. The van der Waals surface area contributed by atoms with Crippen LogP contribution < -0.4 is 0 Å². The van der Waals surface area contributed by atoms with Crippen LogP contribution in [0.15, 0.2) is 24.3 Å². The average Bonchev–Trinajstić information content (AvgIpc) is 2.55. The molecule has 1 heteroatoms. The fraction of sp³-hybridized carbons (Fsp3) is 0.727. The molecule has 0 fully saturated rings. The molecule has 2 atom stereocenters. The summed E-state index contributed by atoms with van der Waals surface area (Å²) in [6.45, 7) is 6.91. The summed E-state index contributed by atoms with van der Waals surface area (Å²) in [5, 5.41) is 10.3. The number of rotatable bonds is 13. The van der Waals surface area contributed by atoms with Crippen molar-refractivity contribution in [3.63, 3.8) is 0 Å². The van der Waals surface area contributed by atoms with Crippen molar-refractivity contribution in [1.29, 1.82) is 0 Å². The molecule has 0 saturated heterocycles. The van der Waals surface area contributed by atoms with E-state index in [0.29, 0.717) is 17.6 Å². The lowest BCUT2D eigenvalue weighted by atomic mass is 9.80. The molecule has 1 rings (SSSR count). The topological polar surface area (TPSA) is 20.2 Å². The Balaban J connectivity index is 2.56. The molecule has 0 spiro atoms. The lowest BCUT2D eigenvalue weighted by Gasteiger charge is -2.25. The molecule has 1 aromatic carbocycles. The van der Waals surface area contributed by atoms with Crippen LogP contribution in [0, 0.1) is 5.92 Å². The average molecular weight is 319 g/mol. The monoisotopic (exact) mass is 318 g/mol. The van der Waals surface area contributed by atoms with Crippen molar-refractivity contribution in [2.75, 3.05) is 0 Å². The van der Waals surface area contributed by atoms with Crippen LogP contribution in [0.1, 0.15) is 103 Å². The molecule has 0 aliphatic heterocycles. The van der Waals surface area contributed by atoms with Crippen molar-refractivity contribution in [3.05, 3.63) is 29.8 Å². The summed E-state index contributed by atoms with van der Waals surface area (Å²) in [6.07, 6.45) is 14.5. The predicted octanol–water partition coefficient (Wildman–Crippen LogP) is 7.44. The van der Waals surface area contributed by atoms with Gasteiger partial charge in [0.25, 0.3) is 0 Å². The maximum atomic E-state index is 10.3. The highest BCUT2D eigenvalue weighted by Gasteiger charge is 2.21. The van der Waals surface area contributed by atoms with Crippen LogP contribution in [-0.4, -0.2) is 5.11 Å². The highest BCUT2D eigenvalue weighted by Crippen LogP contribution is 2.37. The second-order valence-electron chi connectivity index (χ2n) is 7.19. The maximum absolute atomic E-state index is 10.3. The van der Waals surface area contributed by atoms with E-state index in [4.69, 9.17) is 0 Å².